The largest absolute Gasteiger partial charge is 0.481 e. The number of amides is 2. The zero-order valence-electron chi connectivity index (χ0n) is 19.5. The molecule has 4 N–H and O–H groups in total. The molecule has 9 heteroatoms. The molecule has 4 rings (SSSR count). The molecule has 2 aliphatic rings. The van der Waals surface area contributed by atoms with Gasteiger partial charge in [0.2, 0.25) is 5.91 Å². The van der Waals surface area contributed by atoms with Crippen molar-refractivity contribution in [2.75, 3.05) is 19.8 Å². The Labute approximate surface area is 203 Å². The molecule has 0 spiro atoms. The van der Waals surface area contributed by atoms with Crippen LogP contribution in [-0.4, -0.2) is 65.7 Å². The summed E-state index contributed by atoms with van der Waals surface area (Å²) in [5.41, 5.74) is 3.10. The molecule has 1 fully saturated rings. The average molecular weight is 483 g/mol. The van der Waals surface area contributed by atoms with Gasteiger partial charge in [-0.3, -0.25) is 9.59 Å². The molecule has 2 amide bonds. The second kappa shape index (κ2) is 10.5. The maximum Gasteiger partial charge on any atom is 0.407 e. The molecular weight excluding hydrogens is 452 g/mol. The van der Waals surface area contributed by atoms with Gasteiger partial charge in [0.15, 0.2) is 0 Å². The highest BCUT2D eigenvalue weighted by Gasteiger charge is 2.40. The van der Waals surface area contributed by atoms with Gasteiger partial charge in [0.05, 0.1) is 6.10 Å². The van der Waals surface area contributed by atoms with E-state index in [1.54, 1.807) is 6.92 Å². The van der Waals surface area contributed by atoms with Crippen molar-refractivity contribution in [3.63, 3.8) is 0 Å². The highest BCUT2D eigenvalue weighted by molar-refractivity contribution is 5.86. The smallest absolute Gasteiger partial charge is 0.407 e. The monoisotopic (exact) mass is 482 g/mol. The molecule has 0 aromatic heterocycles. The predicted molar refractivity (Wildman–Crippen MR) is 127 cm³/mol. The Morgan fingerprint density at radius 2 is 1.74 bits per heavy atom. The van der Waals surface area contributed by atoms with Gasteiger partial charge in [-0.1, -0.05) is 48.5 Å². The van der Waals surface area contributed by atoms with E-state index >= 15 is 0 Å². The van der Waals surface area contributed by atoms with Gasteiger partial charge >= 0.3 is 12.1 Å². The molecule has 1 aliphatic heterocycles. The number of ether oxygens (including phenoxy) is 2. The quantitative estimate of drug-likeness (QED) is 0.431. The summed E-state index contributed by atoms with van der Waals surface area (Å²) in [5.74, 6) is -1.82. The van der Waals surface area contributed by atoms with Gasteiger partial charge in [0.25, 0.3) is 0 Å². The number of alkyl carbamates (subject to hydrolysis) is 1. The molecular formula is C26H30N2O7. The number of carbonyl (C=O) groups is 3. The van der Waals surface area contributed by atoms with Gasteiger partial charge in [0, 0.05) is 31.9 Å². The van der Waals surface area contributed by atoms with E-state index in [-0.39, 0.29) is 31.9 Å². The lowest BCUT2D eigenvalue weighted by Gasteiger charge is -2.27. The number of benzene rings is 2. The van der Waals surface area contributed by atoms with E-state index in [9.17, 15) is 19.5 Å². The van der Waals surface area contributed by atoms with Gasteiger partial charge in [-0.15, -0.1) is 0 Å². The number of aliphatic hydroxyl groups is 1. The second-order valence-corrected chi connectivity index (χ2v) is 9.04. The summed E-state index contributed by atoms with van der Waals surface area (Å²) in [4.78, 5) is 36.5. The number of carbonyl (C=O) groups excluding carboxylic acids is 2. The summed E-state index contributed by atoms with van der Waals surface area (Å²) in [6, 6.07) is 14.8. The van der Waals surface area contributed by atoms with Gasteiger partial charge in [-0.05, 0) is 35.6 Å². The zero-order chi connectivity index (χ0) is 25.0. The number of hydrogen-bond donors (Lipinski definition) is 4. The first-order chi connectivity index (χ1) is 16.8. The third kappa shape index (κ3) is 5.47. The van der Waals surface area contributed by atoms with Crippen molar-refractivity contribution >= 4 is 18.0 Å². The van der Waals surface area contributed by atoms with E-state index in [2.05, 4.69) is 10.6 Å². The van der Waals surface area contributed by atoms with Crippen LogP contribution in [0, 0.1) is 0 Å². The number of rotatable bonds is 9. The van der Waals surface area contributed by atoms with Crippen LogP contribution in [0.4, 0.5) is 4.79 Å². The minimum atomic E-state index is -1.21. The molecule has 0 radical (unpaired) electrons. The van der Waals surface area contributed by atoms with Crippen LogP contribution in [0.3, 0.4) is 0 Å². The summed E-state index contributed by atoms with van der Waals surface area (Å²) in [6.07, 6.45) is -1.32. The van der Waals surface area contributed by atoms with Crippen LogP contribution in [0.15, 0.2) is 48.5 Å². The van der Waals surface area contributed by atoms with Crippen molar-refractivity contribution in [1.29, 1.82) is 0 Å². The molecule has 0 bridgehead atoms. The lowest BCUT2D eigenvalue weighted by Crippen LogP contribution is -2.53. The first kappa shape index (κ1) is 24.7. The third-order valence-electron chi connectivity index (χ3n) is 6.83. The summed E-state index contributed by atoms with van der Waals surface area (Å²) < 4.78 is 10.9. The van der Waals surface area contributed by atoms with Gasteiger partial charge in [0.1, 0.15) is 18.2 Å². The number of aliphatic carboxylic acids is 1. The van der Waals surface area contributed by atoms with Crippen LogP contribution in [-0.2, 0) is 19.1 Å². The van der Waals surface area contributed by atoms with Crippen LogP contribution in [0.25, 0.3) is 11.1 Å². The number of carboxylic acids is 1. The molecule has 186 valence electrons. The van der Waals surface area contributed by atoms with Crippen LogP contribution in [0.2, 0.25) is 0 Å². The van der Waals surface area contributed by atoms with Crippen LogP contribution in [0.5, 0.6) is 0 Å². The molecule has 1 aliphatic carbocycles. The SMILES string of the molecule is CC1OCCC1(O)CNC(=O)C(CCC(=O)O)NC(=O)OCC1c2ccccc2-c2ccccc21. The van der Waals surface area contributed by atoms with Gasteiger partial charge in [-0.25, -0.2) is 4.79 Å². The Bertz CT molecular complexity index is 1060. The number of nitrogens with one attached hydrogen (secondary N) is 2. The van der Waals surface area contributed by atoms with Gasteiger partial charge < -0.3 is 30.3 Å². The first-order valence-electron chi connectivity index (χ1n) is 11.7. The molecule has 9 nitrogen and oxygen atoms in total. The molecule has 1 heterocycles. The Hall–Kier alpha value is -3.43. The Kier molecular flexibility index (Phi) is 7.37. The molecule has 0 saturated carbocycles. The van der Waals surface area contributed by atoms with E-state index in [0.29, 0.717) is 13.0 Å². The Balaban J connectivity index is 1.38. The summed E-state index contributed by atoms with van der Waals surface area (Å²) in [5, 5.41) is 24.8. The molecule has 2 aromatic carbocycles. The fourth-order valence-corrected chi connectivity index (χ4v) is 4.69. The molecule has 2 aromatic rings. The minimum Gasteiger partial charge on any atom is -0.481 e. The molecule has 1 saturated heterocycles. The van der Waals surface area contributed by atoms with Crippen molar-refractivity contribution in [2.24, 2.45) is 0 Å². The number of hydrogen-bond acceptors (Lipinski definition) is 6. The third-order valence-corrected chi connectivity index (χ3v) is 6.83. The van der Waals surface area contributed by atoms with Crippen LogP contribution in [0.1, 0.15) is 43.2 Å². The van der Waals surface area contributed by atoms with E-state index in [4.69, 9.17) is 14.6 Å². The van der Waals surface area contributed by atoms with Crippen molar-refractivity contribution in [2.45, 2.75) is 49.9 Å². The van der Waals surface area contributed by atoms with Crippen LogP contribution >= 0.6 is 0 Å². The van der Waals surface area contributed by atoms with Gasteiger partial charge in [-0.2, -0.15) is 0 Å². The zero-order valence-corrected chi connectivity index (χ0v) is 19.5. The second-order valence-electron chi connectivity index (χ2n) is 9.04. The highest BCUT2D eigenvalue weighted by Crippen LogP contribution is 2.44. The topological polar surface area (TPSA) is 134 Å². The lowest BCUT2D eigenvalue weighted by atomic mass is 9.96. The first-order valence-corrected chi connectivity index (χ1v) is 11.7. The number of carboxylic acid groups (broad SMARTS) is 1. The standard InChI is InChI=1S/C26H30N2O7/c1-16-26(33,12-13-34-16)15-27-24(31)22(10-11-23(29)30)28-25(32)35-14-21-19-8-4-2-6-17(19)18-7-3-5-9-20(18)21/h2-9,16,21-22,33H,10-15H2,1H3,(H,27,31)(H,28,32)(H,29,30). The molecule has 35 heavy (non-hydrogen) atoms. The van der Waals surface area contributed by atoms with E-state index in [1.807, 2.05) is 48.5 Å². The van der Waals surface area contributed by atoms with Crippen molar-refractivity contribution in [1.82, 2.24) is 10.6 Å². The van der Waals surface area contributed by atoms with E-state index in [0.717, 1.165) is 22.3 Å². The average Bonchev–Trinajstić information content (AvgIpc) is 3.35. The fourth-order valence-electron chi connectivity index (χ4n) is 4.69. The minimum absolute atomic E-state index is 0.0665. The lowest BCUT2D eigenvalue weighted by molar-refractivity contribution is -0.137. The Morgan fingerprint density at radius 3 is 2.31 bits per heavy atom. The van der Waals surface area contributed by atoms with Crippen molar-refractivity contribution in [3.05, 3.63) is 59.7 Å². The highest BCUT2D eigenvalue weighted by atomic mass is 16.5. The molecule has 3 atom stereocenters. The predicted octanol–water partition coefficient (Wildman–Crippen LogP) is 2.41. The normalized spacial score (nSPS) is 21.6. The molecule has 3 unspecified atom stereocenters. The van der Waals surface area contributed by atoms with Crippen molar-refractivity contribution < 1.29 is 34.1 Å². The van der Waals surface area contributed by atoms with Crippen molar-refractivity contribution in [3.8, 4) is 11.1 Å². The Morgan fingerprint density at radius 1 is 1.11 bits per heavy atom. The van der Waals surface area contributed by atoms with E-state index in [1.165, 1.54) is 0 Å². The van der Waals surface area contributed by atoms with E-state index < -0.39 is 35.7 Å². The fraction of sp³-hybridized carbons (Fsp3) is 0.423. The summed E-state index contributed by atoms with van der Waals surface area (Å²) >= 11 is 0. The maximum absolute atomic E-state index is 12.8. The summed E-state index contributed by atoms with van der Waals surface area (Å²) in [6.45, 7) is 2.11. The summed E-state index contributed by atoms with van der Waals surface area (Å²) in [7, 11) is 0. The number of fused-ring (bicyclic) bond motifs is 3. The van der Waals surface area contributed by atoms with Crippen LogP contribution < -0.4 is 10.6 Å². The maximum atomic E-state index is 12.8.